The quantitative estimate of drug-likeness (QED) is 0.798. The van der Waals surface area contributed by atoms with Gasteiger partial charge in [0.15, 0.2) is 0 Å². The van der Waals surface area contributed by atoms with Gasteiger partial charge in [0.25, 0.3) is 0 Å². The molecule has 0 bridgehead atoms. The van der Waals surface area contributed by atoms with Gasteiger partial charge in [0.05, 0.1) is 5.60 Å². The van der Waals surface area contributed by atoms with Crippen molar-refractivity contribution in [2.45, 2.75) is 57.6 Å². The Labute approximate surface area is 104 Å². The van der Waals surface area contributed by atoms with Crippen LogP contribution in [0, 0.1) is 5.41 Å². The fraction of sp³-hybridized carbons (Fsp3) is 1.00. The molecule has 2 aliphatic rings. The first-order chi connectivity index (χ1) is 7.52. The molecule has 2 fully saturated rings. The van der Waals surface area contributed by atoms with Crippen LogP contribution in [0.3, 0.4) is 0 Å². The molecule has 2 N–H and O–H groups in total. The Morgan fingerprint density at radius 3 is 2.50 bits per heavy atom. The number of rotatable bonds is 3. The van der Waals surface area contributed by atoms with E-state index in [0.29, 0.717) is 11.5 Å². The van der Waals surface area contributed by atoms with E-state index in [1.165, 1.54) is 19.3 Å². The molecule has 0 radical (unpaired) electrons. The topological polar surface area (TPSA) is 32.3 Å². The summed E-state index contributed by atoms with van der Waals surface area (Å²) in [5.41, 5.74) is -0.0102. The summed E-state index contributed by atoms with van der Waals surface area (Å²) in [6.45, 7) is 5.48. The first kappa shape index (κ1) is 12.7. The maximum Gasteiger partial charge on any atom is 0.0787 e. The second kappa shape index (κ2) is 4.87. The van der Waals surface area contributed by atoms with Crippen molar-refractivity contribution in [2.24, 2.45) is 5.41 Å². The van der Waals surface area contributed by atoms with Crippen LogP contribution in [0.2, 0.25) is 0 Å². The fourth-order valence-electron chi connectivity index (χ4n) is 2.95. The van der Waals surface area contributed by atoms with Crippen LogP contribution in [0.15, 0.2) is 0 Å². The molecule has 1 aliphatic heterocycles. The third-order valence-electron chi connectivity index (χ3n) is 4.36. The highest BCUT2D eigenvalue weighted by atomic mass is 32.2. The Bertz CT molecular complexity index is 236. The molecule has 1 heterocycles. The van der Waals surface area contributed by atoms with E-state index in [2.05, 4.69) is 19.2 Å². The molecule has 0 amide bonds. The molecule has 0 spiro atoms. The van der Waals surface area contributed by atoms with Gasteiger partial charge in [-0.25, -0.2) is 0 Å². The molecule has 0 aromatic heterocycles. The molecule has 2 rings (SSSR count). The summed E-state index contributed by atoms with van der Waals surface area (Å²) in [6, 6.07) is 0.603. The highest BCUT2D eigenvalue weighted by molar-refractivity contribution is 7.99. The predicted molar refractivity (Wildman–Crippen MR) is 70.9 cm³/mol. The van der Waals surface area contributed by atoms with Gasteiger partial charge in [-0.2, -0.15) is 11.8 Å². The van der Waals surface area contributed by atoms with E-state index in [1.54, 1.807) is 0 Å². The lowest BCUT2D eigenvalue weighted by molar-refractivity contribution is 0.0262. The second-order valence-corrected chi connectivity index (χ2v) is 7.38. The third kappa shape index (κ3) is 2.93. The van der Waals surface area contributed by atoms with Crippen LogP contribution < -0.4 is 5.32 Å². The van der Waals surface area contributed by atoms with E-state index in [-0.39, 0.29) is 0 Å². The summed E-state index contributed by atoms with van der Waals surface area (Å²) in [5.74, 6) is 2.23. The molecule has 1 saturated heterocycles. The van der Waals surface area contributed by atoms with Crippen molar-refractivity contribution in [3.63, 3.8) is 0 Å². The molecule has 1 atom stereocenters. The Hall–Kier alpha value is 0.270. The number of hydrogen-bond acceptors (Lipinski definition) is 3. The standard InChI is InChI=1S/C13H25NOS/c1-12(2)5-3-4-11(12)14-10-13(15)6-8-16-9-7-13/h11,14-15H,3-10H2,1-2H3. The maximum atomic E-state index is 10.4. The predicted octanol–water partition coefficient (Wildman–Crippen LogP) is 2.41. The largest absolute Gasteiger partial charge is 0.389 e. The first-order valence-electron chi connectivity index (χ1n) is 6.55. The average molecular weight is 243 g/mol. The zero-order chi connectivity index (χ0) is 11.6. The summed E-state index contributed by atoms with van der Waals surface area (Å²) in [5, 5.41) is 14.0. The van der Waals surface area contributed by atoms with E-state index in [1.807, 2.05) is 11.8 Å². The summed E-state index contributed by atoms with van der Waals surface area (Å²) < 4.78 is 0. The minimum absolute atomic E-state index is 0.416. The van der Waals surface area contributed by atoms with Gasteiger partial charge >= 0.3 is 0 Å². The second-order valence-electron chi connectivity index (χ2n) is 6.15. The minimum Gasteiger partial charge on any atom is -0.389 e. The molecular weight excluding hydrogens is 218 g/mol. The number of nitrogens with one attached hydrogen (secondary N) is 1. The van der Waals surface area contributed by atoms with Crippen LogP contribution in [0.25, 0.3) is 0 Å². The molecule has 16 heavy (non-hydrogen) atoms. The van der Waals surface area contributed by atoms with E-state index < -0.39 is 5.60 Å². The van der Waals surface area contributed by atoms with Crippen molar-refractivity contribution < 1.29 is 5.11 Å². The number of hydrogen-bond donors (Lipinski definition) is 2. The molecule has 1 unspecified atom stereocenters. The Morgan fingerprint density at radius 1 is 1.25 bits per heavy atom. The highest BCUT2D eigenvalue weighted by Crippen LogP contribution is 2.37. The van der Waals surface area contributed by atoms with Crippen LogP contribution in [-0.2, 0) is 0 Å². The summed E-state index contributed by atoms with van der Waals surface area (Å²) in [4.78, 5) is 0. The Balaban J connectivity index is 1.82. The molecule has 1 aliphatic carbocycles. The van der Waals surface area contributed by atoms with Crippen molar-refractivity contribution in [3.8, 4) is 0 Å². The van der Waals surface area contributed by atoms with Gasteiger partial charge in [-0.15, -0.1) is 0 Å². The zero-order valence-corrected chi connectivity index (χ0v) is 11.4. The highest BCUT2D eigenvalue weighted by Gasteiger charge is 2.36. The Morgan fingerprint density at radius 2 is 1.94 bits per heavy atom. The zero-order valence-electron chi connectivity index (χ0n) is 10.6. The lowest BCUT2D eigenvalue weighted by Gasteiger charge is -2.36. The number of thioether (sulfide) groups is 1. The lowest BCUT2D eigenvalue weighted by atomic mass is 9.86. The van der Waals surface area contributed by atoms with Crippen molar-refractivity contribution in [1.29, 1.82) is 0 Å². The van der Waals surface area contributed by atoms with Gasteiger partial charge in [0.2, 0.25) is 0 Å². The van der Waals surface area contributed by atoms with Gasteiger partial charge in [0.1, 0.15) is 0 Å². The van der Waals surface area contributed by atoms with Crippen LogP contribution in [0.1, 0.15) is 46.0 Å². The van der Waals surface area contributed by atoms with Crippen molar-refractivity contribution in [3.05, 3.63) is 0 Å². The van der Waals surface area contributed by atoms with Gasteiger partial charge < -0.3 is 10.4 Å². The third-order valence-corrected chi connectivity index (χ3v) is 5.34. The minimum atomic E-state index is -0.427. The Kier molecular flexibility index (Phi) is 3.87. The molecular formula is C13H25NOS. The molecule has 0 aromatic carbocycles. The molecule has 1 saturated carbocycles. The van der Waals surface area contributed by atoms with Gasteiger partial charge in [0, 0.05) is 12.6 Å². The van der Waals surface area contributed by atoms with Crippen molar-refractivity contribution in [2.75, 3.05) is 18.1 Å². The average Bonchev–Trinajstić information content (AvgIpc) is 2.56. The van der Waals surface area contributed by atoms with E-state index in [9.17, 15) is 5.11 Å². The maximum absolute atomic E-state index is 10.4. The van der Waals surface area contributed by atoms with Crippen molar-refractivity contribution >= 4 is 11.8 Å². The normalized spacial score (nSPS) is 32.8. The van der Waals surface area contributed by atoms with Gasteiger partial charge in [-0.1, -0.05) is 20.3 Å². The van der Waals surface area contributed by atoms with E-state index in [0.717, 1.165) is 30.9 Å². The van der Waals surface area contributed by atoms with E-state index in [4.69, 9.17) is 0 Å². The van der Waals surface area contributed by atoms with Crippen LogP contribution in [-0.4, -0.2) is 34.8 Å². The first-order valence-corrected chi connectivity index (χ1v) is 7.71. The lowest BCUT2D eigenvalue weighted by Crippen LogP contribution is -2.49. The van der Waals surface area contributed by atoms with E-state index >= 15 is 0 Å². The number of aliphatic hydroxyl groups is 1. The summed E-state index contributed by atoms with van der Waals surface area (Å²) in [6.07, 6.45) is 5.84. The van der Waals surface area contributed by atoms with Gasteiger partial charge in [-0.3, -0.25) is 0 Å². The molecule has 94 valence electrons. The van der Waals surface area contributed by atoms with Crippen molar-refractivity contribution in [1.82, 2.24) is 5.32 Å². The fourth-order valence-corrected chi connectivity index (χ4v) is 4.20. The van der Waals surface area contributed by atoms with Crippen LogP contribution in [0.5, 0.6) is 0 Å². The monoisotopic (exact) mass is 243 g/mol. The summed E-state index contributed by atoms with van der Waals surface area (Å²) in [7, 11) is 0. The van der Waals surface area contributed by atoms with Gasteiger partial charge in [-0.05, 0) is 42.6 Å². The molecule has 3 heteroatoms. The van der Waals surface area contributed by atoms with Crippen LogP contribution >= 0.6 is 11.8 Å². The van der Waals surface area contributed by atoms with Crippen LogP contribution in [0.4, 0.5) is 0 Å². The summed E-state index contributed by atoms with van der Waals surface area (Å²) >= 11 is 1.97. The molecule has 0 aromatic rings. The molecule has 2 nitrogen and oxygen atoms in total. The smallest absolute Gasteiger partial charge is 0.0787 e. The SMILES string of the molecule is CC1(C)CCCC1NCC1(O)CCSCC1.